The van der Waals surface area contributed by atoms with Crippen molar-refractivity contribution in [2.24, 2.45) is 22.0 Å². The maximum absolute atomic E-state index is 13.7. The smallest absolute Gasteiger partial charge is 0.407 e. The van der Waals surface area contributed by atoms with Gasteiger partial charge in [-0.3, -0.25) is 9.59 Å². The van der Waals surface area contributed by atoms with Gasteiger partial charge in [0.15, 0.2) is 0 Å². The summed E-state index contributed by atoms with van der Waals surface area (Å²) in [5.41, 5.74) is 13.0. The van der Waals surface area contributed by atoms with Gasteiger partial charge in [-0.15, -0.1) is 11.7 Å². The number of amides is 3. The quantitative estimate of drug-likeness (QED) is 0.0309. The van der Waals surface area contributed by atoms with Crippen molar-refractivity contribution in [3.63, 3.8) is 0 Å². The second-order valence-electron chi connectivity index (χ2n) is 15.1. The van der Waals surface area contributed by atoms with Crippen molar-refractivity contribution in [2.75, 3.05) is 13.1 Å². The third-order valence-electron chi connectivity index (χ3n) is 8.91. The number of carboxylic acid groups (broad SMARTS) is 1. The zero-order valence-corrected chi connectivity index (χ0v) is 33.6. The van der Waals surface area contributed by atoms with E-state index in [-0.39, 0.29) is 43.1 Å². The van der Waals surface area contributed by atoms with Crippen molar-refractivity contribution in [1.82, 2.24) is 26.1 Å². The minimum atomic E-state index is -4.15. The number of rotatable bonds is 19. The van der Waals surface area contributed by atoms with Crippen LogP contribution in [0.15, 0.2) is 50.9 Å². The molecule has 1 aliphatic carbocycles. The van der Waals surface area contributed by atoms with E-state index in [9.17, 15) is 32.7 Å². The molecule has 0 saturated carbocycles. The molecule has 1 heterocycles. The molecule has 10 N–H and O–H groups in total. The van der Waals surface area contributed by atoms with Crippen LogP contribution >= 0.6 is 0 Å². The second-order valence-corrected chi connectivity index (χ2v) is 16.7. The number of fused-ring (bicyclic) bond motifs is 1. The molecule has 2 rings (SSSR count). The van der Waals surface area contributed by atoms with Crippen LogP contribution in [0.25, 0.3) is 0 Å². The van der Waals surface area contributed by atoms with Crippen molar-refractivity contribution >= 4 is 39.9 Å². The van der Waals surface area contributed by atoms with Gasteiger partial charge in [0.2, 0.25) is 17.8 Å². The van der Waals surface area contributed by atoms with E-state index in [1.54, 1.807) is 27.7 Å². The van der Waals surface area contributed by atoms with Gasteiger partial charge in [0.25, 0.3) is 10.0 Å². The Morgan fingerprint density at radius 3 is 2.24 bits per heavy atom. The van der Waals surface area contributed by atoms with E-state index in [0.717, 1.165) is 11.1 Å². The lowest BCUT2D eigenvalue weighted by atomic mass is 9.74. The molecule has 2 aliphatic rings. The molecular weight excluding hydrogens is 721 g/mol. The largest absolute Gasteiger partial charge is 0.480 e. The summed E-state index contributed by atoms with van der Waals surface area (Å²) >= 11 is 0. The van der Waals surface area contributed by atoms with Crippen molar-refractivity contribution in [2.45, 2.75) is 130 Å². The third kappa shape index (κ3) is 13.7. The number of carboxylic acids is 1. The Morgan fingerprint density at radius 2 is 1.63 bits per heavy atom. The number of aliphatic carboxylic acids is 1. The van der Waals surface area contributed by atoms with Gasteiger partial charge >= 0.3 is 12.1 Å². The number of guanidine groups is 1. The van der Waals surface area contributed by atoms with E-state index in [1.807, 2.05) is 27.7 Å². The fraction of sp³-hybridized carbons (Fsp3) is 0.639. The number of ether oxygens (including phenoxy) is 2. The molecule has 54 heavy (non-hydrogen) atoms. The number of nitrogens with zero attached hydrogens (tertiary/aromatic N) is 1. The van der Waals surface area contributed by atoms with Crippen LogP contribution in [-0.2, 0) is 33.9 Å². The first-order valence-electron chi connectivity index (χ1n) is 18.1. The number of alkyl carbamates (subject to hydrolysis) is 1. The minimum Gasteiger partial charge on any atom is -0.480 e. The Labute approximate surface area is 318 Å². The summed E-state index contributed by atoms with van der Waals surface area (Å²) in [6.07, 6.45) is 3.54. The number of allylic oxidation sites excluding steroid dienone is 6. The zero-order valence-electron chi connectivity index (χ0n) is 32.8. The van der Waals surface area contributed by atoms with Crippen LogP contribution in [0.2, 0.25) is 0 Å². The lowest BCUT2D eigenvalue weighted by molar-refractivity contribution is -0.142. The first-order valence-corrected chi connectivity index (χ1v) is 19.5. The summed E-state index contributed by atoms with van der Waals surface area (Å²) in [5.74, 6) is -1.57. The second kappa shape index (κ2) is 19.7. The van der Waals surface area contributed by atoms with E-state index in [0.29, 0.717) is 49.3 Å². The average Bonchev–Trinajstić information content (AvgIpc) is 3.05. The van der Waals surface area contributed by atoms with Gasteiger partial charge in [-0.05, 0) is 104 Å². The fourth-order valence-electron chi connectivity index (χ4n) is 5.99. The fourth-order valence-corrected chi connectivity index (χ4v) is 7.68. The SMILES string of the molecule is C=CC[C@H](NC(=O)[C@@H](CCCNC(N)=NNS(=O)(=O)C1=C2C(C)=C(C)OC(C)=C2CCC1(C)C)NC(=O)[C@H](N)CCCCNC(=O)OC(C)(C)C)C(=O)O. The van der Waals surface area contributed by atoms with Crippen molar-refractivity contribution in [3.05, 3.63) is 45.8 Å². The molecule has 3 amide bonds. The lowest BCUT2D eigenvalue weighted by Gasteiger charge is -2.38. The Bertz CT molecular complexity index is 1660. The lowest BCUT2D eigenvalue weighted by Crippen LogP contribution is -2.54. The maximum Gasteiger partial charge on any atom is 0.407 e. The van der Waals surface area contributed by atoms with E-state index in [2.05, 4.69) is 37.8 Å². The van der Waals surface area contributed by atoms with E-state index in [1.165, 1.54) is 6.08 Å². The molecule has 0 unspecified atom stereocenters. The summed E-state index contributed by atoms with van der Waals surface area (Å²) in [6.45, 7) is 18.4. The molecule has 0 aromatic rings. The Morgan fingerprint density at radius 1 is 1.00 bits per heavy atom. The Hall–Kier alpha value is -4.58. The number of carbonyl (C=O) groups is 4. The third-order valence-corrected chi connectivity index (χ3v) is 10.5. The predicted molar refractivity (Wildman–Crippen MR) is 205 cm³/mol. The first-order chi connectivity index (χ1) is 25.0. The van der Waals surface area contributed by atoms with Crippen LogP contribution in [0.5, 0.6) is 0 Å². The summed E-state index contributed by atoms with van der Waals surface area (Å²) in [7, 11) is -4.15. The van der Waals surface area contributed by atoms with E-state index >= 15 is 0 Å². The Kier molecular flexibility index (Phi) is 16.6. The van der Waals surface area contributed by atoms with Crippen molar-refractivity contribution < 1.29 is 42.2 Å². The molecule has 18 heteroatoms. The Balaban J connectivity index is 2.06. The molecule has 0 fully saturated rings. The average molecular weight is 781 g/mol. The number of nitrogens with two attached hydrogens (primary N) is 2. The number of hydrogen-bond acceptors (Lipinski definition) is 10. The molecule has 1 aliphatic heterocycles. The molecule has 0 radical (unpaired) electrons. The number of hydrazone groups is 1. The standard InChI is InChI=1S/C36H60N8O9S/c1-10-14-27(32(47)48)42-31(46)26(41-30(45)25(37)15-11-12-19-40-34(49)53-35(5,6)7)16-13-20-39-33(38)43-44-54(50,51)29-28-21(2)22(3)52-23(4)24(28)17-18-36(29,8)9/h10,25-27,44H,1,11-20,37H2,2-9H3,(H,40,49)(H,41,45)(H,42,46)(H,47,48)(H3,38,39,43)/t25-,26-,27+/m1/s1. The van der Waals surface area contributed by atoms with Gasteiger partial charge < -0.3 is 47.3 Å². The maximum atomic E-state index is 13.7. The van der Waals surface area contributed by atoms with Gasteiger partial charge in [-0.25, -0.2) is 18.0 Å². The molecule has 304 valence electrons. The van der Waals surface area contributed by atoms with Crippen LogP contribution in [0, 0.1) is 5.41 Å². The van der Waals surface area contributed by atoms with Crippen molar-refractivity contribution in [1.29, 1.82) is 0 Å². The number of hydrogen-bond donors (Lipinski definition) is 8. The number of nitrogens with one attached hydrogen (secondary N) is 5. The molecule has 3 atom stereocenters. The van der Waals surface area contributed by atoms with Crippen LogP contribution in [0.3, 0.4) is 0 Å². The van der Waals surface area contributed by atoms with Gasteiger partial charge in [-0.1, -0.05) is 19.9 Å². The van der Waals surface area contributed by atoms with Crippen LogP contribution in [0.1, 0.15) is 107 Å². The highest BCUT2D eigenvalue weighted by Gasteiger charge is 2.43. The van der Waals surface area contributed by atoms with Gasteiger partial charge in [0.1, 0.15) is 29.2 Å². The number of sulfonamides is 1. The van der Waals surface area contributed by atoms with Crippen LogP contribution in [0.4, 0.5) is 4.79 Å². The molecule has 0 bridgehead atoms. The highest BCUT2D eigenvalue weighted by Crippen LogP contribution is 2.50. The predicted octanol–water partition coefficient (Wildman–Crippen LogP) is 2.83. The van der Waals surface area contributed by atoms with Crippen LogP contribution in [-0.4, -0.2) is 80.2 Å². The van der Waals surface area contributed by atoms with Crippen LogP contribution < -0.4 is 37.6 Å². The topological polar surface area (TPSA) is 266 Å². The number of carbonyl (C=O) groups excluding carboxylic acids is 3. The molecule has 0 saturated heterocycles. The molecule has 17 nitrogen and oxygen atoms in total. The van der Waals surface area contributed by atoms with Crippen molar-refractivity contribution in [3.8, 4) is 0 Å². The number of unbranched alkanes of at least 4 members (excludes halogenated alkanes) is 1. The summed E-state index contributed by atoms with van der Waals surface area (Å²) in [6, 6.07) is -3.40. The summed E-state index contributed by atoms with van der Waals surface area (Å²) in [5, 5.41) is 23.9. The van der Waals surface area contributed by atoms with E-state index < -0.39 is 63.0 Å². The normalized spacial score (nSPS) is 17.7. The molecular formula is C36H60N8O9S. The highest BCUT2D eigenvalue weighted by molar-refractivity contribution is 7.93. The minimum absolute atomic E-state index is 0.0426. The van der Waals surface area contributed by atoms with Gasteiger partial charge in [-0.2, -0.15) is 4.83 Å². The summed E-state index contributed by atoms with van der Waals surface area (Å²) in [4.78, 5) is 52.1. The highest BCUT2D eigenvalue weighted by atomic mass is 32.2. The zero-order chi connectivity index (χ0) is 41.0. The summed E-state index contributed by atoms with van der Waals surface area (Å²) < 4.78 is 38.5. The molecule has 0 spiro atoms. The van der Waals surface area contributed by atoms with E-state index in [4.69, 9.17) is 20.9 Å². The monoisotopic (exact) mass is 780 g/mol. The molecule has 0 aromatic heterocycles. The first kappa shape index (κ1) is 45.6. The molecule has 0 aromatic carbocycles. The van der Waals surface area contributed by atoms with Gasteiger partial charge in [0.05, 0.1) is 10.9 Å². The van der Waals surface area contributed by atoms with Gasteiger partial charge in [0, 0.05) is 24.1 Å².